The van der Waals surface area contributed by atoms with Gasteiger partial charge in [0.1, 0.15) is 0 Å². The Kier molecular flexibility index (Phi) is 10.6. The standard InChI is InChI=1S/C26H39ClN4OS/c1-4-5-6-7-8-9-17-31-25(21-13-15-22(27)16-14-21)29-30-26(31)33-18-24(32)28-23-12-10-11-19(2)20(23)3/h13-16,19-20,23H,4-12,17-18H2,1-3H3,(H,28,32). The molecule has 3 unspecified atom stereocenters. The summed E-state index contributed by atoms with van der Waals surface area (Å²) >= 11 is 7.57. The molecule has 3 atom stereocenters. The molecule has 0 aliphatic heterocycles. The largest absolute Gasteiger partial charge is 0.352 e. The first-order valence-corrected chi connectivity index (χ1v) is 14.0. The molecule has 1 aliphatic carbocycles. The highest BCUT2D eigenvalue weighted by Gasteiger charge is 2.28. The first-order chi connectivity index (χ1) is 16.0. The van der Waals surface area contributed by atoms with E-state index in [0.717, 1.165) is 35.9 Å². The molecule has 33 heavy (non-hydrogen) atoms. The molecule has 1 amide bonds. The van der Waals surface area contributed by atoms with Crippen LogP contribution in [0.3, 0.4) is 0 Å². The molecule has 0 spiro atoms. The summed E-state index contributed by atoms with van der Waals surface area (Å²) in [5.74, 6) is 2.50. The van der Waals surface area contributed by atoms with Gasteiger partial charge in [0.2, 0.25) is 5.91 Å². The van der Waals surface area contributed by atoms with Gasteiger partial charge in [0.05, 0.1) is 5.75 Å². The van der Waals surface area contributed by atoms with Gasteiger partial charge < -0.3 is 9.88 Å². The van der Waals surface area contributed by atoms with Gasteiger partial charge >= 0.3 is 0 Å². The topological polar surface area (TPSA) is 59.8 Å². The summed E-state index contributed by atoms with van der Waals surface area (Å²) in [7, 11) is 0. The Hall–Kier alpha value is -1.53. The molecule has 7 heteroatoms. The van der Waals surface area contributed by atoms with Crippen molar-refractivity contribution in [2.75, 3.05) is 5.75 Å². The van der Waals surface area contributed by atoms with Crippen molar-refractivity contribution >= 4 is 29.3 Å². The van der Waals surface area contributed by atoms with Crippen LogP contribution in [0.25, 0.3) is 11.4 Å². The average molecular weight is 491 g/mol. The van der Waals surface area contributed by atoms with Gasteiger partial charge in [-0.2, -0.15) is 0 Å². The van der Waals surface area contributed by atoms with Gasteiger partial charge in [0, 0.05) is 23.2 Å². The number of hydrogen-bond acceptors (Lipinski definition) is 4. The Morgan fingerprint density at radius 3 is 2.58 bits per heavy atom. The molecular weight excluding hydrogens is 452 g/mol. The summed E-state index contributed by atoms with van der Waals surface area (Å²) in [6.07, 6.45) is 10.9. The highest BCUT2D eigenvalue weighted by molar-refractivity contribution is 7.99. The molecule has 0 saturated heterocycles. The third kappa shape index (κ3) is 7.74. The van der Waals surface area contributed by atoms with E-state index in [0.29, 0.717) is 22.6 Å². The molecule has 1 saturated carbocycles. The van der Waals surface area contributed by atoms with Crippen LogP contribution < -0.4 is 5.32 Å². The summed E-state index contributed by atoms with van der Waals surface area (Å²) < 4.78 is 2.17. The second-order valence-electron chi connectivity index (χ2n) is 9.46. The number of aromatic nitrogens is 3. The highest BCUT2D eigenvalue weighted by Crippen LogP contribution is 2.30. The third-order valence-electron chi connectivity index (χ3n) is 6.94. The number of amides is 1. The van der Waals surface area contributed by atoms with Crippen LogP contribution in [0.15, 0.2) is 29.4 Å². The molecule has 1 N–H and O–H groups in total. The summed E-state index contributed by atoms with van der Waals surface area (Å²) in [5.41, 5.74) is 0.999. The number of nitrogens with one attached hydrogen (secondary N) is 1. The van der Waals surface area contributed by atoms with Gasteiger partial charge in [-0.05, 0) is 48.9 Å². The minimum Gasteiger partial charge on any atom is -0.352 e. The Morgan fingerprint density at radius 2 is 1.82 bits per heavy atom. The zero-order valence-electron chi connectivity index (χ0n) is 20.4. The Labute approximate surface area is 208 Å². The zero-order valence-corrected chi connectivity index (χ0v) is 21.9. The van der Waals surface area contributed by atoms with Crippen LogP contribution in [0.4, 0.5) is 0 Å². The lowest BCUT2D eigenvalue weighted by Crippen LogP contribution is -2.44. The predicted molar refractivity (Wildman–Crippen MR) is 139 cm³/mol. The van der Waals surface area contributed by atoms with E-state index in [4.69, 9.17) is 11.6 Å². The van der Waals surface area contributed by atoms with Gasteiger partial charge in [-0.1, -0.05) is 89.1 Å². The summed E-state index contributed by atoms with van der Waals surface area (Å²) in [5, 5.41) is 13.7. The van der Waals surface area contributed by atoms with Crippen molar-refractivity contribution in [3.63, 3.8) is 0 Å². The van der Waals surface area contributed by atoms with E-state index in [2.05, 4.69) is 40.9 Å². The molecule has 5 nitrogen and oxygen atoms in total. The average Bonchev–Trinajstić information content (AvgIpc) is 3.21. The van der Waals surface area contributed by atoms with Crippen molar-refractivity contribution < 1.29 is 4.79 Å². The fraction of sp³-hybridized carbons (Fsp3) is 0.654. The maximum absolute atomic E-state index is 12.7. The molecule has 1 aromatic heterocycles. The molecule has 1 heterocycles. The summed E-state index contributed by atoms with van der Waals surface area (Å²) in [6.45, 7) is 7.65. The number of rotatable bonds is 12. The van der Waals surface area contributed by atoms with Crippen LogP contribution in [0.5, 0.6) is 0 Å². The molecule has 1 aliphatic rings. The number of halogens is 1. The number of benzene rings is 1. The molecular formula is C26H39ClN4OS. The minimum absolute atomic E-state index is 0.0908. The van der Waals surface area contributed by atoms with E-state index >= 15 is 0 Å². The molecule has 3 rings (SSSR count). The number of carbonyl (C=O) groups excluding carboxylic acids is 1. The number of unbranched alkanes of at least 4 members (excludes halogenated alkanes) is 5. The number of thioether (sulfide) groups is 1. The van der Waals surface area contributed by atoms with E-state index < -0.39 is 0 Å². The monoisotopic (exact) mass is 490 g/mol. The smallest absolute Gasteiger partial charge is 0.230 e. The van der Waals surface area contributed by atoms with Gasteiger partial charge in [-0.15, -0.1) is 10.2 Å². The minimum atomic E-state index is 0.0908. The van der Waals surface area contributed by atoms with Crippen molar-refractivity contribution in [2.45, 2.75) is 96.3 Å². The number of hydrogen-bond donors (Lipinski definition) is 1. The van der Waals surface area contributed by atoms with Gasteiger partial charge in [0.15, 0.2) is 11.0 Å². The first kappa shape index (κ1) is 26.1. The van der Waals surface area contributed by atoms with Crippen LogP contribution in [-0.2, 0) is 11.3 Å². The molecule has 182 valence electrons. The first-order valence-electron chi connectivity index (χ1n) is 12.6. The number of carbonyl (C=O) groups is 1. The molecule has 2 aromatic rings. The summed E-state index contributed by atoms with van der Waals surface area (Å²) in [4.78, 5) is 12.7. The normalized spacial score (nSPS) is 20.7. The van der Waals surface area contributed by atoms with Crippen molar-refractivity contribution in [3.8, 4) is 11.4 Å². The SMILES string of the molecule is CCCCCCCCn1c(SCC(=O)NC2CCCC(C)C2C)nnc1-c1ccc(Cl)cc1. The lowest BCUT2D eigenvalue weighted by Gasteiger charge is -2.34. The second kappa shape index (κ2) is 13.4. The Morgan fingerprint density at radius 1 is 1.09 bits per heavy atom. The lowest BCUT2D eigenvalue weighted by atomic mass is 9.78. The second-order valence-corrected chi connectivity index (χ2v) is 10.8. The van der Waals surface area contributed by atoms with E-state index in [9.17, 15) is 4.79 Å². The molecule has 1 fully saturated rings. The maximum atomic E-state index is 12.7. The maximum Gasteiger partial charge on any atom is 0.230 e. The zero-order chi connectivity index (χ0) is 23.6. The van der Waals surface area contributed by atoms with E-state index in [1.165, 1.54) is 56.7 Å². The Bertz CT molecular complexity index is 870. The van der Waals surface area contributed by atoms with Crippen molar-refractivity contribution in [2.24, 2.45) is 11.8 Å². The Balaban J connectivity index is 1.63. The van der Waals surface area contributed by atoms with Crippen molar-refractivity contribution in [3.05, 3.63) is 29.3 Å². The van der Waals surface area contributed by atoms with Crippen LogP contribution in [-0.4, -0.2) is 32.5 Å². The van der Waals surface area contributed by atoms with Gasteiger partial charge in [-0.25, -0.2) is 0 Å². The quantitative estimate of drug-likeness (QED) is 0.257. The van der Waals surface area contributed by atoms with Crippen LogP contribution in [0.2, 0.25) is 5.02 Å². The van der Waals surface area contributed by atoms with Gasteiger partial charge in [0.25, 0.3) is 0 Å². The molecule has 0 bridgehead atoms. The van der Waals surface area contributed by atoms with Crippen LogP contribution in [0, 0.1) is 11.8 Å². The third-order valence-corrected chi connectivity index (χ3v) is 8.16. The highest BCUT2D eigenvalue weighted by atomic mass is 35.5. The fourth-order valence-corrected chi connectivity index (χ4v) is 5.53. The molecule has 1 aromatic carbocycles. The lowest BCUT2D eigenvalue weighted by molar-refractivity contribution is -0.120. The van der Waals surface area contributed by atoms with E-state index in [1.807, 2.05) is 24.3 Å². The summed E-state index contributed by atoms with van der Waals surface area (Å²) in [6, 6.07) is 8.02. The van der Waals surface area contributed by atoms with Crippen LogP contribution >= 0.6 is 23.4 Å². The number of nitrogens with zero attached hydrogens (tertiary/aromatic N) is 3. The molecule has 0 radical (unpaired) electrons. The van der Waals surface area contributed by atoms with Gasteiger partial charge in [-0.3, -0.25) is 4.79 Å². The predicted octanol–water partition coefficient (Wildman–Crippen LogP) is 6.99. The van der Waals surface area contributed by atoms with E-state index in [1.54, 1.807) is 0 Å². The van der Waals surface area contributed by atoms with Crippen molar-refractivity contribution in [1.29, 1.82) is 0 Å². The van der Waals surface area contributed by atoms with E-state index in [-0.39, 0.29) is 11.9 Å². The fourth-order valence-electron chi connectivity index (χ4n) is 4.62. The van der Waals surface area contributed by atoms with Crippen LogP contribution in [0.1, 0.15) is 78.6 Å². The van der Waals surface area contributed by atoms with Crippen molar-refractivity contribution in [1.82, 2.24) is 20.1 Å².